The molecule has 0 aromatic heterocycles. The normalized spacial score (nSPS) is 13.8. The molecule has 0 fully saturated rings. The van der Waals surface area contributed by atoms with E-state index in [9.17, 15) is 52.7 Å². The van der Waals surface area contributed by atoms with Gasteiger partial charge in [-0.3, -0.25) is 4.99 Å². The molecule has 0 radical (unpaired) electrons. The molecule has 33 heavy (non-hydrogen) atoms. The molecular formula is C19H10F12N2. The van der Waals surface area contributed by atoms with Crippen molar-refractivity contribution < 1.29 is 52.7 Å². The second kappa shape index (κ2) is 8.98. The van der Waals surface area contributed by atoms with E-state index >= 15 is 0 Å². The summed E-state index contributed by atoms with van der Waals surface area (Å²) in [4.78, 5) is 3.39. The number of alkyl halides is 12. The van der Waals surface area contributed by atoms with E-state index in [-0.39, 0.29) is 12.1 Å². The standard InChI is InChI=1S/C19H10F12N2/c20-16(21,22)10-4-11(17(23,24)25)7-14(6-10)32-2-1-3-33-15-8-12(18(26,27)28)5-13(9-15)19(29,30)31/h1-9,32H/b2-1+,33-3?. The Kier molecular flexibility index (Phi) is 7.09. The number of rotatable bonds is 4. The lowest BCUT2D eigenvalue weighted by molar-refractivity contribution is -0.144. The fourth-order valence-corrected chi connectivity index (χ4v) is 2.37. The van der Waals surface area contributed by atoms with Gasteiger partial charge in [0.05, 0.1) is 27.9 Å². The van der Waals surface area contributed by atoms with E-state index < -0.39 is 58.3 Å². The van der Waals surface area contributed by atoms with E-state index in [1.165, 1.54) is 0 Å². The Hall–Kier alpha value is -3.19. The fourth-order valence-electron chi connectivity index (χ4n) is 2.37. The highest BCUT2D eigenvalue weighted by Crippen LogP contribution is 2.39. The van der Waals surface area contributed by atoms with Gasteiger partial charge in [0.15, 0.2) is 0 Å². The first kappa shape index (κ1) is 26.1. The Balaban J connectivity index is 2.27. The van der Waals surface area contributed by atoms with Crippen LogP contribution in [0.15, 0.2) is 53.7 Å². The van der Waals surface area contributed by atoms with Crippen molar-refractivity contribution in [2.45, 2.75) is 24.7 Å². The number of benzene rings is 2. The summed E-state index contributed by atoms with van der Waals surface area (Å²) < 4.78 is 154. The number of halogens is 12. The largest absolute Gasteiger partial charge is 0.416 e. The summed E-state index contributed by atoms with van der Waals surface area (Å²) in [5, 5.41) is 2.10. The second-order valence-corrected chi connectivity index (χ2v) is 6.34. The minimum atomic E-state index is -5.09. The maximum Gasteiger partial charge on any atom is 0.416 e. The predicted octanol–water partition coefficient (Wildman–Crippen LogP) is 8.09. The molecule has 0 aliphatic carbocycles. The van der Waals surface area contributed by atoms with Gasteiger partial charge in [0.2, 0.25) is 0 Å². The van der Waals surface area contributed by atoms with E-state index in [2.05, 4.69) is 10.3 Å². The molecule has 0 heterocycles. The Morgan fingerprint density at radius 1 is 0.545 bits per heavy atom. The fraction of sp³-hybridized carbons (Fsp3) is 0.211. The zero-order valence-corrected chi connectivity index (χ0v) is 15.7. The maximum absolute atomic E-state index is 12.8. The average molecular weight is 494 g/mol. The highest BCUT2D eigenvalue weighted by molar-refractivity contribution is 5.75. The van der Waals surface area contributed by atoms with E-state index in [0.29, 0.717) is 30.5 Å². The molecule has 0 saturated heterocycles. The van der Waals surface area contributed by atoms with Gasteiger partial charge in [-0.1, -0.05) is 0 Å². The van der Waals surface area contributed by atoms with Crippen LogP contribution in [0.3, 0.4) is 0 Å². The average Bonchev–Trinajstić information content (AvgIpc) is 2.64. The van der Waals surface area contributed by atoms with Crippen molar-refractivity contribution in [3.05, 3.63) is 70.9 Å². The summed E-state index contributed by atoms with van der Waals surface area (Å²) in [5.41, 5.74) is -7.78. The highest BCUT2D eigenvalue weighted by atomic mass is 19.4. The first-order valence-electron chi connectivity index (χ1n) is 8.42. The van der Waals surface area contributed by atoms with Crippen molar-refractivity contribution >= 4 is 17.6 Å². The topological polar surface area (TPSA) is 24.4 Å². The van der Waals surface area contributed by atoms with E-state index in [1.54, 1.807) is 0 Å². The quantitative estimate of drug-likeness (QED) is 0.337. The molecule has 0 amide bonds. The van der Waals surface area contributed by atoms with Crippen molar-refractivity contribution in [1.82, 2.24) is 0 Å². The van der Waals surface area contributed by atoms with Crippen LogP contribution in [0.1, 0.15) is 22.3 Å². The lowest BCUT2D eigenvalue weighted by atomic mass is 10.1. The summed E-state index contributed by atoms with van der Waals surface area (Å²) in [7, 11) is 0. The smallest absolute Gasteiger partial charge is 0.362 e. The lowest BCUT2D eigenvalue weighted by Gasteiger charge is -2.14. The SMILES string of the molecule is FC(F)(F)c1cc(N=C/C=C/Nc2cc(C(F)(F)F)cc(C(F)(F)F)c2)cc(C(F)(F)F)c1. The molecule has 0 aliphatic heterocycles. The Bertz CT molecular complexity index is 976. The summed E-state index contributed by atoms with van der Waals surface area (Å²) in [6, 6.07) is 1.20. The van der Waals surface area contributed by atoms with Gasteiger partial charge in [0.1, 0.15) is 0 Å². The number of nitrogens with zero attached hydrogens (tertiary/aromatic N) is 1. The molecule has 0 aliphatic rings. The molecular weight excluding hydrogens is 484 g/mol. The van der Waals surface area contributed by atoms with Crippen molar-refractivity contribution in [2.24, 2.45) is 4.99 Å². The molecule has 0 unspecified atom stereocenters. The molecule has 2 aromatic rings. The highest BCUT2D eigenvalue weighted by Gasteiger charge is 2.38. The molecule has 2 nitrogen and oxygen atoms in total. The van der Waals surface area contributed by atoms with Crippen molar-refractivity contribution in [2.75, 3.05) is 5.32 Å². The van der Waals surface area contributed by atoms with Gasteiger partial charge in [-0.15, -0.1) is 0 Å². The number of hydrogen-bond donors (Lipinski definition) is 1. The first-order valence-corrected chi connectivity index (χ1v) is 8.42. The number of anilines is 1. The number of nitrogens with one attached hydrogen (secondary N) is 1. The van der Waals surface area contributed by atoms with Crippen LogP contribution < -0.4 is 5.32 Å². The summed E-state index contributed by atoms with van der Waals surface area (Å²) in [5.74, 6) is 0. The Morgan fingerprint density at radius 3 is 1.27 bits per heavy atom. The van der Waals surface area contributed by atoms with Gasteiger partial charge in [-0.25, -0.2) is 0 Å². The van der Waals surface area contributed by atoms with Gasteiger partial charge in [-0.05, 0) is 42.5 Å². The van der Waals surface area contributed by atoms with Crippen LogP contribution in [0.4, 0.5) is 64.1 Å². The van der Waals surface area contributed by atoms with Crippen LogP contribution in [-0.4, -0.2) is 6.21 Å². The molecule has 0 atom stereocenters. The predicted molar refractivity (Wildman–Crippen MR) is 93.8 cm³/mol. The monoisotopic (exact) mass is 494 g/mol. The van der Waals surface area contributed by atoms with Gasteiger partial charge < -0.3 is 5.32 Å². The van der Waals surface area contributed by atoms with Gasteiger partial charge >= 0.3 is 24.7 Å². The van der Waals surface area contributed by atoms with Crippen LogP contribution in [0.5, 0.6) is 0 Å². The molecule has 0 saturated carbocycles. The third-order valence-electron chi connectivity index (χ3n) is 3.82. The van der Waals surface area contributed by atoms with Gasteiger partial charge in [0.25, 0.3) is 0 Å². The van der Waals surface area contributed by atoms with Crippen molar-refractivity contribution in [3.8, 4) is 0 Å². The Labute approximate surface area is 177 Å². The molecule has 0 bridgehead atoms. The Morgan fingerprint density at radius 2 is 0.909 bits per heavy atom. The number of hydrogen-bond acceptors (Lipinski definition) is 2. The summed E-state index contributed by atoms with van der Waals surface area (Å²) in [6.45, 7) is 0. The van der Waals surface area contributed by atoms with E-state index in [0.717, 1.165) is 12.3 Å². The molecule has 2 rings (SSSR count). The minimum absolute atomic E-state index is 0.0950. The summed E-state index contributed by atoms with van der Waals surface area (Å²) >= 11 is 0. The second-order valence-electron chi connectivity index (χ2n) is 6.34. The zero-order valence-electron chi connectivity index (χ0n) is 15.7. The van der Waals surface area contributed by atoms with Crippen LogP contribution in [0.25, 0.3) is 0 Å². The van der Waals surface area contributed by atoms with Gasteiger partial charge in [-0.2, -0.15) is 52.7 Å². The van der Waals surface area contributed by atoms with Crippen LogP contribution in [-0.2, 0) is 24.7 Å². The number of allylic oxidation sites excluding steroid dienone is 1. The molecule has 0 spiro atoms. The van der Waals surface area contributed by atoms with Crippen molar-refractivity contribution in [3.63, 3.8) is 0 Å². The first-order chi connectivity index (χ1) is 14.9. The molecule has 180 valence electrons. The van der Waals surface area contributed by atoms with Crippen LogP contribution in [0, 0.1) is 0 Å². The minimum Gasteiger partial charge on any atom is -0.362 e. The summed E-state index contributed by atoms with van der Waals surface area (Å²) in [6.07, 6.45) is -18.0. The lowest BCUT2D eigenvalue weighted by Crippen LogP contribution is -2.11. The molecule has 2 aromatic carbocycles. The zero-order chi connectivity index (χ0) is 25.2. The van der Waals surface area contributed by atoms with E-state index in [1.807, 2.05) is 0 Å². The van der Waals surface area contributed by atoms with Crippen LogP contribution in [0.2, 0.25) is 0 Å². The van der Waals surface area contributed by atoms with Gasteiger partial charge in [0, 0.05) is 18.1 Å². The maximum atomic E-state index is 12.8. The molecule has 1 N–H and O–H groups in total. The number of aliphatic imine (C=N–C) groups is 1. The third-order valence-corrected chi connectivity index (χ3v) is 3.82. The molecule has 14 heteroatoms. The van der Waals surface area contributed by atoms with Crippen LogP contribution >= 0.6 is 0 Å². The van der Waals surface area contributed by atoms with Crippen molar-refractivity contribution in [1.29, 1.82) is 0 Å². The third kappa shape index (κ3) is 7.43. The van der Waals surface area contributed by atoms with E-state index in [4.69, 9.17) is 0 Å².